The molecule has 25 heavy (non-hydrogen) atoms. The second kappa shape index (κ2) is 12.3. The Balaban J connectivity index is 0.00000312. The van der Waals surface area contributed by atoms with Crippen LogP contribution in [0.15, 0.2) is 53.7 Å². The van der Waals surface area contributed by atoms with Crippen LogP contribution in [0.4, 0.5) is 0 Å². The van der Waals surface area contributed by atoms with E-state index < -0.39 is 0 Å². The van der Waals surface area contributed by atoms with Gasteiger partial charge in [-0.1, -0.05) is 24.3 Å². The normalized spacial score (nSPS) is 10.6. The second-order valence-corrected chi connectivity index (χ2v) is 4.99. The molecular formula is C18H25IN4O2. The van der Waals surface area contributed by atoms with Gasteiger partial charge >= 0.3 is 0 Å². The fraction of sp³-hybridized carbons (Fsp3) is 0.333. The van der Waals surface area contributed by atoms with E-state index in [0.29, 0.717) is 25.6 Å². The quantitative estimate of drug-likeness (QED) is 0.277. The van der Waals surface area contributed by atoms with Gasteiger partial charge in [0.25, 0.3) is 0 Å². The van der Waals surface area contributed by atoms with E-state index in [0.717, 1.165) is 23.8 Å². The second-order valence-electron chi connectivity index (χ2n) is 4.99. The highest BCUT2D eigenvalue weighted by atomic mass is 127. The lowest BCUT2D eigenvalue weighted by Crippen LogP contribution is -2.39. The Kier molecular flexibility index (Phi) is 10.4. The van der Waals surface area contributed by atoms with Crippen LogP contribution >= 0.6 is 24.0 Å². The molecule has 2 rings (SSSR count). The van der Waals surface area contributed by atoms with Crippen molar-refractivity contribution in [3.8, 4) is 11.6 Å². The Hall–Kier alpha value is -2.03. The van der Waals surface area contributed by atoms with E-state index in [2.05, 4.69) is 20.6 Å². The zero-order valence-electron chi connectivity index (χ0n) is 14.6. The van der Waals surface area contributed by atoms with Crippen LogP contribution < -0.4 is 20.1 Å². The molecule has 6 nitrogen and oxygen atoms in total. The van der Waals surface area contributed by atoms with E-state index in [9.17, 15) is 0 Å². The number of methoxy groups -OCH3 is 1. The molecule has 0 bridgehead atoms. The van der Waals surface area contributed by atoms with Gasteiger partial charge in [-0.15, -0.1) is 24.0 Å². The molecule has 0 amide bonds. The highest BCUT2D eigenvalue weighted by molar-refractivity contribution is 14.0. The molecule has 1 heterocycles. The first kappa shape index (κ1) is 21.0. The Morgan fingerprint density at radius 1 is 1.12 bits per heavy atom. The minimum absolute atomic E-state index is 0. The molecule has 2 N–H and O–H groups in total. The third-order valence-corrected chi connectivity index (χ3v) is 3.18. The van der Waals surface area contributed by atoms with Crippen molar-refractivity contribution in [3.63, 3.8) is 0 Å². The summed E-state index contributed by atoms with van der Waals surface area (Å²) in [6.45, 7) is 4.62. The van der Waals surface area contributed by atoms with Crippen LogP contribution in [0.25, 0.3) is 0 Å². The molecule has 0 saturated heterocycles. The summed E-state index contributed by atoms with van der Waals surface area (Å²) < 4.78 is 10.7. The molecule has 0 aliphatic heterocycles. The van der Waals surface area contributed by atoms with Gasteiger partial charge < -0.3 is 20.1 Å². The highest BCUT2D eigenvalue weighted by Gasteiger charge is 1.99. The maximum Gasteiger partial charge on any atom is 0.212 e. The van der Waals surface area contributed by atoms with Crippen LogP contribution in [0.1, 0.15) is 12.5 Å². The molecule has 0 aliphatic carbocycles. The third kappa shape index (κ3) is 8.06. The molecule has 0 saturated carbocycles. The van der Waals surface area contributed by atoms with Gasteiger partial charge in [-0.3, -0.25) is 0 Å². The number of hydrogen-bond acceptors (Lipinski definition) is 4. The molecule has 0 aliphatic rings. The van der Waals surface area contributed by atoms with Gasteiger partial charge in [0, 0.05) is 18.8 Å². The number of benzene rings is 1. The number of nitrogens with one attached hydrogen (secondary N) is 2. The molecule has 136 valence electrons. The predicted octanol–water partition coefficient (Wildman–Crippen LogP) is 2.84. The standard InChI is InChI=1S/C18H24N4O2.HI/c1-3-19-18(20-11-12-24-16-7-5-4-6-8-16)22-14-15-9-10-17(23-2)21-13-15;/h4-10,13H,3,11-12,14H2,1-2H3,(H2,19,20,22);1H. The van der Waals surface area contributed by atoms with Crippen LogP contribution in [0, 0.1) is 0 Å². The predicted molar refractivity (Wildman–Crippen MR) is 111 cm³/mol. The number of pyridine rings is 1. The largest absolute Gasteiger partial charge is 0.492 e. The maximum atomic E-state index is 5.65. The summed E-state index contributed by atoms with van der Waals surface area (Å²) in [5, 5.41) is 6.46. The lowest BCUT2D eigenvalue weighted by atomic mass is 10.3. The summed E-state index contributed by atoms with van der Waals surface area (Å²) in [5.74, 6) is 2.22. The van der Waals surface area contributed by atoms with E-state index >= 15 is 0 Å². The Morgan fingerprint density at radius 3 is 2.56 bits per heavy atom. The number of rotatable bonds is 8. The molecular weight excluding hydrogens is 431 g/mol. The molecule has 7 heteroatoms. The number of aromatic nitrogens is 1. The highest BCUT2D eigenvalue weighted by Crippen LogP contribution is 2.08. The summed E-state index contributed by atoms with van der Waals surface area (Å²) in [7, 11) is 1.60. The van der Waals surface area contributed by atoms with Gasteiger partial charge in [0.1, 0.15) is 12.4 Å². The average Bonchev–Trinajstić information content (AvgIpc) is 2.64. The van der Waals surface area contributed by atoms with Crippen LogP contribution in [0.2, 0.25) is 0 Å². The Labute approximate surface area is 166 Å². The number of aliphatic imine (C=N–C) groups is 1. The van der Waals surface area contributed by atoms with Crippen molar-refractivity contribution in [1.29, 1.82) is 0 Å². The number of nitrogens with zero attached hydrogens (tertiary/aromatic N) is 2. The average molecular weight is 456 g/mol. The van der Waals surface area contributed by atoms with Crippen molar-refractivity contribution >= 4 is 29.9 Å². The molecule has 1 aromatic carbocycles. The lowest BCUT2D eigenvalue weighted by Gasteiger charge is -2.12. The van der Waals surface area contributed by atoms with Crippen molar-refractivity contribution < 1.29 is 9.47 Å². The molecule has 1 aromatic heterocycles. The van der Waals surface area contributed by atoms with Crippen molar-refractivity contribution in [2.24, 2.45) is 4.99 Å². The molecule has 0 atom stereocenters. The Bertz CT molecular complexity index is 621. The summed E-state index contributed by atoms with van der Waals surface area (Å²) in [5.41, 5.74) is 1.02. The van der Waals surface area contributed by atoms with Crippen molar-refractivity contribution in [3.05, 3.63) is 54.2 Å². The number of guanidine groups is 1. The zero-order chi connectivity index (χ0) is 17.0. The number of para-hydroxylation sites is 1. The van der Waals surface area contributed by atoms with Gasteiger partial charge in [-0.25, -0.2) is 9.98 Å². The lowest BCUT2D eigenvalue weighted by molar-refractivity contribution is 0.322. The van der Waals surface area contributed by atoms with Gasteiger partial charge in [0.2, 0.25) is 5.88 Å². The van der Waals surface area contributed by atoms with Crippen molar-refractivity contribution in [2.45, 2.75) is 13.5 Å². The van der Waals surface area contributed by atoms with Gasteiger partial charge in [0.05, 0.1) is 20.2 Å². The molecule has 0 spiro atoms. The van der Waals surface area contributed by atoms with E-state index in [1.165, 1.54) is 0 Å². The van der Waals surface area contributed by atoms with Crippen molar-refractivity contribution in [2.75, 3.05) is 26.8 Å². The first-order valence-electron chi connectivity index (χ1n) is 8.00. The van der Waals surface area contributed by atoms with Crippen LogP contribution in [0.3, 0.4) is 0 Å². The topological polar surface area (TPSA) is 67.8 Å². The molecule has 0 unspecified atom stereocenters. The van der Waals surface area contributed by atoms with Gasteiger partial charge in [-0.2, -0.15) is 0 Å². The van der Waals surface area contributed by atoms with E-state index in [1.54, 1.807) is 13.3 Å². The SMILES string of the molecule is CCNC(=NCc1ccc(OC)nc1)NCCOc1ccccc1.I. The minimum Gasteiger partial charge on any atom is -0.492 e. The van der Waals surface area contributed by atoms with Gasteiger partial charge in [0.15, 0.2) is 5.96 Å². The van der Waals surface area contributed by atoms with Gasteiger partial charge in [-0.05, 0) is 24.6 Å². The van der Waals surface area contributed by atoms with Crippen LogP contribution in [-0.2, 0) is 6.54 Å². The van der Waals surface area contributed by atoms with Crippen LogP contribution in [0.5, 0.6) is 11.6 Å². The zero-order valence-corrected chi connectivity index (χ0v) is 16.9. The third-order valence-electron chi connectivity index (χ3n) is 3.18. The Morgan fingerprint density at radius 2 is 1.92 bits per heavy atom. The first-order valence-corrected chi connectivity index (χ1v) is 8.00. The minimum atomic E-state index is 0. The summed E-state index contributed by atoms with van der Waals surface area (Å²) in [6, 6.07) is 13.5. The summed E-state index contributed by atoms with van der Waals surface area (Å²) in [6.07, 6.45) is 1.77. The van der Waals surface area contributed by atoms with Crippen LogP contribution in [-0.4, -0.2) is 37.7 Å². The molecule has 0 radical (unpaired) electrons. The summed E-state index contributed by atoms with van der Waals surface area (Å²) in [4.78, 5) is 8.72. The molecule has 0 fully saturated rings. The van der Waals surface area contributed by atoms with E-state index in [1.807, 2.05) is 49.4 Å². The summed E-state index contributed by atoms with van der Waals surface area (Å²) >= 11 is 0. The first-order chi connectivity index (χ1) is 11.8. The number of ether oxygens (including phenoxy) is 2. The van der Waals surface area contributed by atoms with E-state index in [4.69, 9.17) is 9.47 Å². The van der Waals surface area contributed by atoms with Crippen molar-refractivity contribution in [1.82, 2.24) is 15.6 Å². The fourth-order valence-electron chi connectivity index (χ4n) is 1.99. The monoisotopic (exact) mass is 456 g/mol. The smallest absolute Gasteiger partial charge is 0.212 e. The molecule has 2 aromatic rings. The van der Waals surface area contributed by atoms with E-state index in [-0.39, 0.29) is 24.0 Å². The fourth-order valence-corrected chi connectivity index (χ4v) is 1.99. The number of halogens is 1. The maximum absolute atomic E-state index is 5.65. The number of hydrogen-bond donors (Lipinski definition) is 2.